The predicted octanol–water partition coefficient (Wildman–Crippen LogP) is 0.104. The van der Waals surface area contributed by atoms with Crippen molar-refractivity contribution in [3.63, 3.8) is 0 Å². The summed E-state index contributed by atoms with van der Waals surface area (Å²) in [6.07, 6.45) is 0.870. The van der Waals surface area contributed by atoms with E-state index in [9.17, 15) is 18.0 Å². The maximum atomic E-state index is 12.3. The zero-order chi connectivity index (χ0) is 15.0. The monoisotopic (exact) mass is 309 g/mol. The molecule has 21 heavy (non-hydrogen) atoms. The first-order valence-electron chi connectivity index (χ1n) is 6.69. The Hall–Kier alpha value is -2.09. The number of benzene rings is 1. The van der Waals surface area contributed by atoms with Crippen LogP contribution < -0.4 is 9.73 Å². The van der Waals surface area contributed by atoms with Gasteiger partial charge in [0.15, 0.2) is 0 Å². The number of sulfonamides is 1. The van der Waals surface area contributed by atoms with Crippen LogP contribution >= 0.6 is 0 Å². The SMILES string of the molecule is O=C1CCN(C(=O)c2cccc(N3CCCS3(=O)=O)c2)N1. The fourth-order valence-electron chi connectivity index (χ4n) is 2.51. The van der Waals surface area contributed by atoms with Gasteiger partial charge in [0.1, 0.15) is 0 Å². The lowest BCUT2D eigenvalue weighted by atomic mass is 10.2. The average molecular weight is 309 g/mol. The lowest BCUT2D eigenvalue weighted by molar-refractivity contribution is -0.120. The van der Waals surface area contributed by atoms with Gasteiger partial charge in [-0.2, -0.15) is 0 Å². The molecule has 2 amide bonds. The van der Waals surface area contributed by atoms with Crippen molar-refractivity contribution in [2.24, 2.45) is 0 Å². The molecule has 7 nitrogen and oxygen atoms in total. The number of anilines is 1. The first kappa shape index (κ1) is 13.9. The second-order valence-corrected chi connectivity index (χ2v) is 7.05. The Morgan fingerprint density at radius 1 is 1.24 bits per heavy atom. The van der Waals surface area contributed by atoms with Crippen molar-refractivity contribution in [3.05, 3.63) is 29.8 Å². The second-order valence-electron chi connectivity index (χ2n) is 5.03. The lowest BCUT2D eigenvalue weighted by Crippen LogP contribution is -2.38. The van der Waals surface area contributed by atoms with Crippen LogP contribution in [0.25, 0.3) is 0 Å². The van der Waals surface area contributed by atoms with Gasteiger partial charge >= 0.3 is 0 Å². The summed E-state index contributed by atoms with van der Waals surface area (Å²) >= 11 is 0. The Morgan fingerprint density at radius 3 is 2.67 bits per heavy atom. The van der Waals surface area contributed by atoms with E-state index in [0.29, 0.717) is 30.8 Å². The Labute approximate surface area is 122 Å². The van der Waals surface area contributed by atoms with Gasteiger partial charge in [-0.15, -0.1) is 0 Å². The van der Waals surface area contributed by atoms with Gasteiger partial charge in [0.05, 0.1) is 18.0 Å². The van der Waals surface area contributed by atoms with Crippen molar-refractivity contribution in [2.75, 3.05) is 23.1 Å². The van der Waals surface area contributed by atoms with Crippen LogP contribution in [0.1, 0.15) is 23.2 Å². The highest BCUT2D eigenvalue weighted by molar-refractivity contribution is 7.93. The second kappa shape index (κ2) is 5.03. The number of hydrazine groups is 1. The van der Waals surface area contributed by atoms with Crippen molar-refractivity contribution in [3.8, 4) is 0 Å². The van der Waals surface area contributed by atoms with Crippen LogP contribution in [0, 0.1) is 0 Å². The molecule has 2 saturated heterocycles. The molecular weight excluding hydrogens is 294 g/mol. The molecule has 1 aromatic carbocycles. The smallest absolute Gasteiger partial charge is 0.272 e. The molecule has 0 radical (unpaired) electrons. The van der Waals surface area contributed by atoms with E-state index < -0.39 is 10.0 Å². The molecule has 0 atom stereocenters. The molecule has 0 spiro atoms. The predicted molar refractivity (Wildman–Crippen MR) is 76.0 cm³/mol. The van der Waals surface area contributed by atoms with Gasteiger partial charge in [-0.1, -0.05) is 6.07 Å². The van der Waals surface area contributed by atoms with Gasteiger partial charge in [-0.25, -0.2) is 13.4 Å². The molecule has 2 fully saturated rings. The van der Waals surface area contributed by atoms with Crippen molar-refractivity contribution in [2.45, 2.75) is 12.8 Å². The van der Waals surface area contributed by atoms with E-state index in [4.69, 9.17) is 0 Å². The quantitative estimate of drug-likeness (QED) is 0.839. The van der Waals surface area contributed by atoms with E-state index in [1.165, 1.54) is 9.31 Å². The van der Waals surface area contributed by atoms with Gasteiger partial charge in [-0.05, 0) is 24.6 Å². The van der Waals surface area contributed by atoms with Crippen LogP contribution in [-0.4, -0.2) is 44.1 Å². The van der Waals surface area contributed by atoms with Crippen LogP contribution in [0.5, 0.6) is 0 Å². The lowest BCUT2D eigenvalue weighted by Gasteiger charge is -2.19. The van der Waals surface area contributed by atoms with E-state index in [0.717, 1.165) is 0 Å². The Balaban J connectivity index is 1.87. The number of hydrogen-bond acceptors (Lipinski definition) is 4. The number of nitrogens with one attached hydrogen (secondary N) is 1. The molecule has 0 aromatic heterocycles. The number of nitrogens with zero attached hydrogens (tertiary/aromatic N) is 2. The molecule has 3 rings (SSSR count). The normalized spacial score (nSPS) is 20.7. The summed E-state index contributed by atoms with van der Waals surface area (Å²) in [5.41, 5.74) is 3.32. The molecule has 2 heterocycles. The van der Waals surface area contributed by atoms with E-state index in [-0.39, 0.29) is 24.0 Å². The Morgan fingerprint density at radius 2 is 2.05 bits per heavy atom. The zero-order valence-corrected chi connectivity index (χ0v) is 12.1. The summed E-state index contributed by atoms with van der Waals surface area (Å²) in [5, 5.41) is 1.25. The first-order chi connectivity index (χ1) is 9.97. The number of amides is 2. The van der Waals surface area contributed by atoms with E-state index >= 15 is 0 Å². The van der Waals surface area contributed by atoms with Crippen molar-refractivity contribution in [1.29, 1.82) is 0 Å². The molecule has 0 bridgehead atoms. The summed E-state index contributed by atoms with van der Waals surface area (Å²) in [6.45, 7) is 0.754. The molecule has 2 aliphatic heterocycles. The third-order valence-electron chi connectivity index (χ3n) is 3.55. The summed E-state index contributed by atoms with van der Waals surface area (Å²) in [5.74, 6) is -0.395. The third kappa shape index (κ3) is 2.58. The van der Waals surface area contributed by atoms with Crippen molar-refractivity contribution >= 4 is 27.5 Å². The van der Waals surface area contributed by atoms with Crippen LogP contribution in [0.2, 0.25) is 0 Å². The van der Waals surface area contributed by atoms with E-state index in [2.05, 4.69) is 5.43 Å². The molecule has 0 saturated carbocycles. The standard InChI is InChI=1S/C13H15N3O4S/c17-12-5-7-15(14-12)13(18)10-3-1-4-11(9-10)16-6-2-8-21(16,19)20/h1,3-4,9H,2,5-8H2,(H,14,17). The van der Waals surface area contributed by atoms with Crippen molar-refractivity contribution < 1.29 is 18.0 Å². The van der Waals surface area contributed by atoms with E-state index in [1.807, 2.05) is 0 Å². The number of rotatable bonds is 2. The Bertz CT molecular complexity index is 701. The fraction of sp³-hybridized carbons (Fsp3) is 0.385. The van der Waals surface area contributed by atoms with E-state index in [1.54, 1.807) is 24.3 Å². The minimum atomic E-state index is -3.27. The third-order valence-corrected chi connectivity index (χ3v) is 5.42. The van der Waals surface area contributed by atoms with Crippen LogP contribution in [0.15, 0.2) is 24.3 Å². The minimum absolute atomic E-state index is 0.132. The molecule has 0 aliphatic carbocycles. The summed E-state index contributed by atoms with van der Waals surface area (Å²) < 4.78 is 25.2. The highest BCUT2D eigenvalue weighted by atomic mass is 32.2. The topological polar surface area (TPSA) is 86.8 Å². The number of carbonyl (C=O) groups is 2. The summed E-state index contributed by atoms with van der Waals surface area (Å²) in [4.78, 5) is 23.4. The average Bonchev–Trinajstić information content (AvgIpc) is 3.03. The molecule has 1 aromatic rings. The minimum Gasteiger partial charge on any atom is -0.273 e. The number of hydrogen-bond donors (Lipinski definition) is 1. The fourth-order valence-corrected chi connectivity index (χ4v) is 4.06. The highest BCUT2D eigenvalue weighted by Gasteiger charge is 2.29. The molecule has 8 heteroatoms. The zero-order valence-electron chi connectivity index (χ0n) is 11.3. The van der Waals surface area contributed by atoms with Crippen LogP contribution in [0.3, 0.4) is 0 Å². The number of carbonyl (C=O) groups excluding carboxylic acids is 2. The highest BCUT2D eigenvalue weighted by Crippen LogP contribution is 2.25. The first-order valence-corrected chi connectivity index (χ1v) is 8.30. The Kier molecular flexibility index (Phi) is 3.32. The largest absolute Gasteiger partial charge is 0.273 e. The van der Waals surface area contributed by atoms with Gasteiger partial charge < -0.3 is 0 Å². The molecule has 0 unspecified atom stereocenters. The summed E-state index contributed by atoms with van der Waals surface area (Å²) in [7, 11) is -3.27. The summed E-state index contributed by atoms with van der Waals surface area (Å²) in [6, 6.07) is 6.48. The van der Waals surface area contributed by atoms with Crippen molar-refractivity contribution in [1.82, 2.24) is 10.4 Å². The van der Waals surface area contributed by atoms with Gasteiger partial charge in [-0.3, -0.25) is 19.3 Å². The maximum Gasteiger partial charge on any atom is 0.272 e. The maximum absolute atomic E-state index is 12.3. The van der Waals surface area contributed by atoms with Gasteiger partial charge in [0, 0.05) is 18.5 Å². The molecule has 112 valence electrons. The molecular formula is C13H15N3O4S. The molecule has 1 N–H and O–H groups in total. The van der Waals surface area contributed by atoms with Gasteiger partial charge in [0.2, 0.25) is 15.9 Å². The van der Waals surface area contributed by atoms with Crippen LogP contribution in [0.4, 0.5) is 5.69 Å². The molecule has 2 aliphatic rings. The van der Waals surface area contributed by atoms with Crippen LogP contribution in [-0.2, 0) is 14.8 Å². The van der Waals surface area contributed by atoms with Gasteiger partial charge in [0.25, 0.3) is 5.91 Å².